The van der Waals surface area contributed by atoms with Crippen molar-refractivity contribution in [1.29, 1.82) is 0 Å². The van der Waals surface area contributed by atoms with E-state index in [1.165, 1.54) is 36.5 Å². The molecule has 0 bridgehead atoms. The lowest BCUT2D eigenvalue weighted by molar-refractivity contribution is -0.135. The zero-order valence-electron chi connectivity index (χ0n) is 11.1. The molecule has 1 heterocycles. The molecular weight excluding hydrogens is 310 g/mol. The van der Waals surface area contributed by atoms with Crippen molar-refractivity contribution in [2.75, 3.05) is 0 Å². The summed E-state index contributed by atoms with van der Waals surface area (Å²) in [5.41, 5.74) is -0.323. The van der Waals surface area contributed by atoms with Crippen molar-refractivity contribution < 1.29 is 28.2 Å². The number of benzene rings is 1. The highest BCUT2D eigenvalue weighted by Crippen LogP contribution is 2.24. The Morgan fingerprint density at radius 3 is 2.27 bits per heavy atom. The molecule has 0 saturated heterocycles. The fourth-order valence-electron chi connectivity index (χ4n) is 1.76. The molecule has 0 radical (unpaired) electrons. The summed E-state index contributed by atoms with van der Waals surface area (Å²) in [7, 11) is -3.94. The van der Waals surface area contributed by atoms with Crippen molar-refractivity contribution in [3.05, 3.63) is 60.1 Å². The predicted octanol–water partition coefficient (Wildman–Crippen LogP) is 1.56. The molecule has 0 spiro atoms. The molecule has 1 aromatic carbocycles. The number of aromatic amines is 1. The second-order valence-electron chi connectivity index (χ2n) is 4.23. The lowest BCUT2D eigenvalue weighted by atomic mass is 10.2. The highest BCUT2D eigenvalue weighted by Gasteiger charge is 2.25. The Labute approximate surface area is 125 Å². The van der Waals surface area contributed by atoms with Gasteiger partial charge in [-0.25, -0.2) is 13.2 Å². The molecule has 7 nitrogen and oxygen atoms in total. The number of ketones is 1. The molecule has 3 N–H and O–H groups in total. The Bertz CT molecular complexity index is 848. The Morgan fingerprint density at radius 2 is 1.68 bits per heavy atom. The fraction of sp³-hybridized carbons (Fsp3) is 0. The molecule has 1 aromatic heterocycles. The third kappa shape index (κ3) is 2.91. The van der Waals surface area contributed by atoms with Gasteiger partial charge < -0.3 is 15.2 Å². The van der Waals surface area contributed by atoms with E-state index in [1.54, 1.807) is 6.07 Å². The molecule has 0 amide bonds. The molecule has 22 heavy (non-hydrogen) atoms. The number of rotatable bonds is 5. The quantitative estimate of drug-likeness (QED) is 0.436. The number of carbonyl (C=O) groups is 2. The van der Waals surface area contributed by atoms with Crippen LogP contribution in [0.4, 0.5) is 0 Å². The van der Waals surface area contributed by atoms with E-state index in [2.05, 4.69) is 4.98 Å². The lowest BCUT2D eigenvalue weighted by Crippen LogP contribution is -2.09. The molecule has 0 fully saturated rings. The molecule has 114 valence electrons. The molecular formula is C14H11NO6S. The minimum Gasteiger partial charge on any atom is -0.502 e. The highest BCUT2D eigenvalue weighted by atomic mass is 32.2. The van der Waals surface area contributed by atoms with Gasteiger partial charge >= 0.3 is 5.97 Å². The van der Waals surface area contributed by atoms with Crippen molar-refractivity contribution in [3.8, 4) is 0 Å². The van der Waals surface area contributed by atoms with Gasteiger partial charge in [-0.3, -0.25) is 4.79 Å². The number of carbonyl (C=O) groups excluding carboxylic acids is 1. The van der Waals surface area contributed by atoms with E-state index in [-0.39, 0.29) is 15.5 Å². The number of aliphatic carboxylic acids is 1. The van der Waals surface area contributed by atoms with Crippen LogP contribution in [0.2, 0.25) is 0 Å². The zero-order chi connectivity index (χ0) is 16.3. The standard InChI is InChI=1S/C14H11NO6S/c16-10(8-11(17)14(18)19)13-12(6-7-15-13)22(20,21)9-4-2-1-3-5-9/h1-8,15,17H,(H,18,19)/b11-8-. The lowest BCUT2D eigenvalue weighted by Gasteiger charge is -2.04. The van der Waals surface area contributed by atoms with Crippen molar-refractivity contribution >= 4 is 21.6 Å². The van der Waals surface area contributed by atoms with Crippen LogP contribution in [0, 0.1) is 0 Å². The normalized spacial score (nSPS) is 12.1. The van der Waals surface area contributed by atoms with E-state index in [9.17, 15) is 18.0 Å². The van der Waals surface area contributed by atoms with Crippen LogP contribution in [-0.4, -0.2) is 35.4 Å². The summed E-state index contributed by atoms with van der Waals surface area (Å²) in [6.45, 7) is 0. The third-order valence-electron chi connectivity index (χ3n) is 2.79. The van der Waals surface area contributed by atoms with Crippen LogP contribution in [0.25, 0.3) is 0 Å². The van der Waals surface area contributed by atoms with Crippen LogP contribution in [0.1, 0.15) is 10.5 Å². The smallest absolute Gasteiger partial charge is 0.371 e. The Morgan fingerprint density at radius 1 is 1.05 bits per heavy atom. The Kier molecular flexibility index (Phi) is 4.13. The van der Waals surface area contributed by atoms with Crippen molar-refractivity contribution in [2.24, 2.45) is 0 Å². The van der Waals surface area contributed by atoms with Crippen LogP contribution in [0.5, 0.6) is 0 Å². The van der Waals surface area contributed by atoms with Gasteiger partial charge in [0.05, 0.1) is 4.90 Å². The molecule has 2 rings (SSSR count). The van der Waals surface area contributed by atoms with Crippen molar-refractivity contribution in [1.82, 2.24) is 4.98 Å². The van der Waals surface area contributed by atoms with Gasteiger partial charge in [0.1, 0.15) is 10.6 Å². The maximum atomic E-state index is 12.5. The average molecular weight is 321 g/mol. The van der Waals surface area contributed by atoms with E-state index in [4.69, 9.17) is 10.2 Å². The minimum absolute atomic E-state index is 0.00455. The SMILES string of the molecule is O=C(O)/C(O)=C/C(=O)c1[nH]ccc1S(=O)(=O)c1ccccc1. The monoisotopic (exact) mass is 321 g/mol. The second kappa shape index (κ2) is 5.86. The minimum atomic E-state index is -3.94. The summed E-state index contributed by atoms with van der Waals surface area (Å²) in [5.74, 6) is -3.82. The number of hydrogen-bond donors (Lipinski definition) is 3. The summed E-state index contributed by atoms with van der Waals surface area (Å²) in [6, 6.07) is 8.67. The maximum absolute atomic E-state index is 12.5. The van der Waals surface area contributed by atoms with Gasteiger partial charge in [-0.1, -0.05) is 18.2 Å². The summed E-state index contributed by atoms with van der Waals surface area (Å²) in [6.07, 6.45) is 1.69. The van der Waals surface area contributed by atoms with E-state index in [1.807, 2.05) is 0 Å². The van der Waals surface area contributed by atoms with Crippen LogP contribution >= 0.6 is 0 Å². The van der Waals surface area contributed by atoms with Gasteiger partial charge in [0, 0.05) is 12.3 Å². The summed E-state index contributed by atoms with van der Waals surface area (Å²) < 4.78 is 24.9. The number of hydrogen-bond acceptors (Lipinski definition) is 5. The number of nitrogens with one attached hydrogen (secondary N) is 1. The van der Waals surface area contributed by atoms with Crippen LogP contribution in [0.3, 0.4) is 0 Å². The molecule has 0 aliphatic heterocycles. The van der Waals surface area contributed by atoms with E-state index in [0.717, 1.165) is 0 Å². The number of carboxylic acids is 1. The Hall–Kier alpha value is -2.87. The van der Waals surface area contributed by atoms with Gasteiger partial charge in [0.2, 0.25) is 21.4 Å². The van der Waals surface area contributed by atoms with Gasteiger partial charge in [0.15, 0.2) is 0 Å². The van der Waals surface area contributed by atoms with Crippen LogP contribution in [0.15, 0.2) is 64.2 Å². The summed E-state index contributed by atoms with van der Waals surface area (Å²) in [4.78, 5) is 24.6. The first-order valence-corrected chi connectivity index (χ1v) is 7.48. The zero-order valence-corrected chi connectivity index (χ0v) is 11.9. The fourth-order valence-corrected chi connectivity index (χ4v) is 3.20. The van der Waals surface area contributed by atoms with E-state index in [0.29, 0.717) is 6.08 Å². The molecule has 0 saturated carbocycles. The summed E-state index contributed by atoms with van der Waals surface area (Å²) in [5, 5.41) is 17.6. The number of sulfone groups is 1. The van der Waals surface area contributed by atoms with Crippen LogP contribution in [-0.2, 0) is 14.6 Å². The number of carboxylic acid groups (broad SMARTS) is 1. The number of aromatic nitrogens is 1. The highest BCUT2D eigenvalue weighted by molar-refractivity contribution is 7.91. The van der Waals surface area contributed by atoms with Crippen molar-refractivity contribution in [2.45, 2.75) is 9.79 Å². The molecule has 0 atom stereocenters. The molecule has 2 aromatic rings. The van der Waals surface area contributed by atoms with E-state index < -0.39 is 27.3 Å². The second-order valence-corrected chi connectivity index (χ2v) is 6.15. The number of aliphatic hydroxyl groups excluding tert-OH is 1. The molecule has 0 aliphatic rings. The third-order valence-corrected chi connectivity index (χ3v) is 4.60. The van der Waals surface area contributed by atoms with E-state index >= 15 is 0 Å². The topological polar surface area (TPSA) is 125 Å². The van der Waals surface area contributed by atoms with Gasteiger partial charge in [-0.15, -0.1) is 0 Å². The Balaban J connectivity index is 2.49. The maximum Gasteiger partial charge on any atom is 0.371 e. The molecule has 0 aliphatic carbocycles. The van der Waals surface area contributed by atoms with Gasteiger partial charge in [-0.2, -0.15) is 0 Å². The average Bonchev–Trinajstić information content (AvgIpc) is 2.98. The first-order valence-electron chi connectivity index (χ1n) is 6.00. The summed E-state index contributed by atoms with van der Waals surface area (Å²) >= 11 is 0. The predicted molar refractivity (Wildman–Crippen MR) is 75.4 cm³/mol. The number of allylic oxidation sites excluding steroid dienone is 1. The number of H-pyrrole nitrogens is 1. The van der Waals surface area contributed by atoms with Crippen LogP contribution < -0.4 is 0 Å². The first kappa shape index (κ1) is 15.5. The molecule has 8 heteroatoms. The first-order chi connectivity index (χ1) is 10.3. The van der Waals surface area contributed by atoms with Crippen molar-refractivity contribution in [3.63, 3.8) is 0 Å². The molecule has 0 unspecified atom stereocenters. The van der Waals surface area contributed by atoms with Gasteiger partial charge in [-0.05, 0) is 18.2 Å². The largest absolute Gasteiger partial charge is 0.502 e. The number of aliphatic hydroxyl groups is 1. The van der Waals surface area contributed by atoms with Gasteiger partial charge in [0.25, 0.3) is 0 Å².